The normalized spacial score (nSPS) is 12.6. The van der Waals surface area contributed by atoms with E-state index in [1.807, 2.05) is 12.1 Å². The van der Waals surface area contributed by atoms with Crippen LogP contribution in [0.1, 0.15) is 33.5 Å². The van der Waals surface area contributed by atoms with Gasteiger partial charge in [-0.2, -0.15) is 0 Å². The molecule has 1 aliphatic rings. The van der Waals surface area contributed by atoms with Gasteiger partial charge in [0.1, 0.15) is 17.9 Å². The number of rotatable bonds is 6. The number of hydrogen-bond acceptors (Lipinski definition) is 6. The molecule has 4 rings (SSSR count). The van der Waals surface area contributed by atoms with Crippen LogP contribution in [0.4, 0.5) is 0 Å². The SMILES string of the molecule is NC(=O)COc1ccc(C(=O)OCc2cc(=O)oc3cc4c(cc23)CCC4)cc1. The van der Waals surface area contributed by atoms with E-state index in [-0.39, 0.29) is 13.2 Å². The fourth-order valence-corrected chi connectivity index (χ4v) is 3.48. The van der Waals surface area contributed by atoms with Crippen LogP contribution in [0.5, 0.6) is 5.75 Å². The Kier molecular flexibility index (Phi) is 5.03. The Hall–Kier alpha value is -3.61. The Balaban J connectivity index is 1.50. The van der Waals surface area contributed by atoms with Crippen LogP contribution in [0, 0.1) is 0 Å². The Morgan fingerprint density at radius 1 is 1.03 bits per heavy atom. The van der Waals surface area contributed by atoms with Crippen molar-refractivity contribution >= 4 is 22.8 Å². The van der Waals surface area contributed by atoms with Gasteiger partial charge in [0.15, 0.2) is 6.61 Å². The molecular formula is C22H19NO6. The maximum atomic E-state index is 12.4. The van der Waals surface area contributed by atoms with Gasteiger partial charge in [0, 0.05) is 17.0 Å². The molecular weight excluding hydrogens is 374 g/mol. The molecule has 148 valence electrons. The molecule has 1 heterocycles. The monoisotopic (exact) mass is 393 g/mol. The maximum Gasteiger partial charge on any atom is 0.338 e. The fourth-order valence-electron chi connectivity index (χ4n) is 3.48. The van der Waals surface area contributed by atoms with Crippen LogP contribution in [0.2, 0.25) is 0 Å². The molecule has 0 radical (unpaired) electrons. The topological polar surface area (TPSA) is 109 Å². The van der Waals surface area contributed by atoms with Crippen LogP contribution in [0.15, 0.2) is 51.7 Å². The van der Waals surface area contributed by atoms with Crippen molar-refractivity contribution in [1.29, 1.82) is 0 Å². The van der Waals surface area contributed by atoms with E-state index >= 15 is 0 Å². The Morgan fingerprint density at radius 3 is 2.48 bits per heavy atom. The fraction of sp³-hybridized carbons (Fsp3) is 0.227. The summed E-state index contributed by atoms with van der Waals surface area (Å²) in [7, 11) is 0. The number of ether oxygens (including phenoxy) is 2. The lowest BCUT2D eigenvalue weighted by Gasteiger charge is -2.09. The molecule has 3 aromatic rings. The van der Waals surface area contributed by atoms with Gasteiger partial charge in [0.05, 0.1) is 5.56 Å². The maximum absolute atomic E-state index is 12.4. The van der Waals surface area contributed by atoms with E-state index in [1.54, 1.807) is 12.1 Å². The predicted octanol–water partition coefficient (Wildman–Crippen LogP) is 2.50. The van der Waals surface area contributed by atoms with Crippen molar-refractivity contribution < 1.29 is 23.5 Å². The zero-order valence-electron chi connectivity index (χ0n) is 15.6. The lowest BCUT2D eigenvalue weighted by Crippen LogP contribution is -2.20. The zero-order chi connectivity index (χ0) is 20.4. The summed E-state index contributed by atoms with van der Waals surface area (Å²) >= 11 is 0. The van der Waals surface area contributed by atoms with E-state index in [4.69, 9.17) is 19.6 Å². The molecule has 0 spiro atoms. The average Bonchev–Trinajstić information content (AvgIpc) is 3.16. The van der Waals surface area contributed by atoms with Gasteiger partial charge in [-0.1, -0.05) is 0 Å². The molecule has 0 bridgehead atoms. The molecule has 29 heavy (non-hydrogen) atoms. The van der Waals surface area contributed by atoms with Gasteiger partial charge in [-0.15, -0.1) is 0 Å². The number of benzene rings is 2. The second-order valence-corrected chi connectivity index (χ2v) is 6.92. The highest BCUT2D eigenvalue weighted by Crippen LogP contribution is 2.29. The number of esters is 1. The molecule has 0 saturated carbocycles. The van der Waals surface area contributed by atoms with Crippen molar-refractivity contribution in [3.63, 3.8) is 0 Å². The van der Waals surface area contributed by atoms with E-state index in [1.165, 1.54) is 29.3 Å². The number of amides is 1. The number of hydrogen-bond donors (Lipinski definition) is 1. The van der Waals surface area contributed by atoms with Gasteiger partial charge in [0.25, 0.3) is 5.91 Å². The molecule has 0 saturated heterocycles. The summed E-state index contributed by atoms with van der Waals surface area (Å²) < 4.78 is 15.9. The van der Waals surface area contributed by atoms with Crippen LogP contribution in [-0.4, -0.2) is 18.5 Å². The summed E-state index contributed by atoms with van der Waals surface area (Å²) in [6.45, 7) is -0.281. The van der Waals surface area contributed by atoms with Gasteiger partial charge in [-0.3, -0.25) is 4.79 Å². The molecule has 1 aliphatic carbocycles. The van der Waals surface area contributed by atoms with Crippen LogP contribution in [-0.2, 0) is 29.0 Å². The number of primary amides is 1. The zero-order valence-corrected chi connectivity index (χ0v) is 15.6. The minimum atomic E-state index is -0.585. The molecule has 1 amide bonds. The average molecular weight is 393 g/mol. The van der Waals surface area contributed by atoms with Crippen LogP contribution >= 0.6 is 0 Å². The standard InChI is InChI=1S/C22H19NO6/c23-20(24)12-27-17-6-4-13(5-7-17)22(26)28-11-16-10-21(25)29-19-9-15-3-1-2-14(15)8-18(16)19/h4-10H,1-3,11-12H2,(H2,23,24). The second kappa shape index (κ2) is 7.79. The molecule has 7 heteroatoms. The van der Waals surface area contributed by atoms with Crippen molar-refractivity contribution in [3.8, 4) is 5.75 Å². The van der Waals surface area contributed by atoms with Crippen molar-refractivity contribution in [2.75, 3.05) is 6.61 Å². The first-order chi connectivity index (χ1) is 14.0. The Bertz CT molecular complexity index is 1150. The first-order valence-corrected chi connectivity index (χ1v) is 9.26. The molecule has 7 nitrogen and oxygen atoms in total. The van der Waals surface area contributed by atoms with Gasteiger partial charge >= 0.3 is 11.6 Å². The lowest BCUT2D eigenvalue weighted by molar-refractivity contribution is -0.119. The summed E-state index contributed by atoms with van der Waals surface area (Å²) in [5.74, 6) is -0.700. The molecule has 2 aromatic carbocycles. The number of carbonyl (C=O) groups excluding carboxylic acids is 2. The highest BCUT2D eigenvalue weighted by atomic mass is 16.5. The molecule has 0 atom stereocenters. The summed E-state index contributed by atoms with van der Waals surface area (Å²) in [4.78, 5) is 35.0. The van der Waals surface area contributed by atoms with Crippen molar-refractivity contribution in [2.24, 2.45) is 5.73 Å². The number of fused-ring (bicyclic) bond motifs is 2. The van der Waals surface area contributed by atoms with Gasteiger partial charge in [-0.25, -0.2) is 9.59 Å². The lowest BCUT2D eigenvalue weighted by atomic mass is 10.0. The van der Waals surface area contributed by atoms with E-state index in [0.717, 1.165) is 24.6 Å². The predicted molar refractivity (Wildman–Crippen MR) is 105 cm³/mol. The van der Waals surface area contributed by atoms with Crippen LogP contribution < -0.4 is 16.1 Å². The van der Waals surface area contributed by atoms with Crippen LogP contribution in [0.3, 0.4) is 0 Å². The first kappa shape index (κ1) is 18.7. The third-order valence-electron chi connectivity index (χ3n) is 4.87. The van der Waals surface area contributed by atoms with Gasteiger partial charge in [-0.05, 0) is 66.8 Å². The number of nitrogens with two attached hydrogens (primary N) is 1. The molecule has 1 aromatic heterocycles. The molecule has 0 fully saturated rings. The molecule has 2 N–H and O–H groups in total. The van der Waals surface area contributed by atoms with E-state index in [9.17, 15) is 14.4 Å². The number of carbonyl (C=O) groups is 2. The number of aryl methyl sites for hydroxylation is 2. The Morgan fingerprint density at radius 2 is 1.76 bits per heavy atom. The van der Waals surface area contributed by atoms with E-state index < -0.39 is 17.5 Å². The third-order valence-corrected chi connectivity index (χ3v) is 4.87. The summed E-state index contributed by atoms with van der Waals surface area (Å²) in [6.07, 6.45) is 3.06. The summed E-state index contributed by atoms with van der Waals surface area (Å²) in [6, 6.07) is 11.5. The van der Waals surface area contributed by atoms with E-state index in [0.29, 0.717) is 22.5 Å². The van der Waals surface area contributed by atoms with E-state index in [2.05, 4.69) is 0 Å². The molecule has 0 unspecified atom stereocenters. The summed E-state index contributed by atoms with van der Waals surface area (Å²) in [5.41, 5.74) is 8.44. The van der Waals surface area contributed by atoms with Crippen molar-refractivity contribution in [1.82, 2.24) is 0 Å². The van der Waals surface area contributed by atoms with Crippen LogP contribution in [0.25, 0.3) is 11.0 Å². The van der Waals surface area contributed by atoms with Crippen molar-refractivity contribution in [2.45, 2.75) is 25.9 Å². The Labute approximate surface area is 166 Å². The van der Waals surface area contributed by atoms with Gasteiger partial charge in [0.2, 0.25) is 0 Å². The second-order valence-electron chi connectivity index (χ2n) is 6.92. The first-order valence-electron chi connectivity index (χ1n) is 9.26. The largest absolute Gasteiger partial charge is 0.484 e. The molecule has 0 aliphatic heterocycles. The highest BCUT2D eigenvalue weighted by molar-refractivity contribution is 5.90. The minimum Gasteiger partial charge on any atom is -0.484 e. The van der Waals surface area contributed by atoms with Gasteiger partial charge < -0.3 is 19.6 Å². The third kappa shape index (κ3) is 4.13. The summed E-state index contributed by atoms with van der Waals surface area (Å²) in [5, 5.41) is 0.785. The quantitative estimate of drug-likeness (QED) is 0.509. The minimum absolute atomic E-state index is 0.0420. The van der Waals surface area contributed by atoms with Crippen molar-refractivity contribution in [3.05, 3.63) is 75.1 Å². The highest BCUT2D eigenvalue weighted by Gasteiger charge is 2.16. The smallest absolute Gasteiger partial charge is 0.338 e.